The molecule has 0 aliphatic rings. The number of hydrogen-bond acceptors (Lipinski definition) is 4. The fourth-order valence-electron chi connectivity index (χ4n) is 1.87. The third kappa shape index (κ3) is 3.15. The van der Waals surface area contributed by atoms with Crippen molar-refractivity contribution in [2.45, 2.75) is 0 Å². The van der Waals surface area contributed by atoms with Crippen LogP contribution in [0.1, 0.15) is 20.2 Å². The van der Waals surface area contributed by atoms with Crippen molar-refractivity contribution in [2.24, 2.45) is 0 Å². The number of hydrazine groups is 1. The van der Waals surface area contributed by atoms with Crippen LogP contribution in [0.3, 0.4) is 0 Å². The van der Waals surface area contributed by atoms with Crippen LogP contribution in [0.15, 0.2) is 52.3 Å². The van der Waals surface area contributed by atoms with Gasteiger partial charge in [0.05, 0.1) is 14.2 Å². The monoisotopic (exact) mass is 375 g/mol. The van der Waals surface area contributed by atoms with E-state index in [1.807, 2.05) is 30.3 Å². The molecule has 5 nitrogen and oxygen atoms in total. The van der Waals surface area contributed by atoms with E-state index in [4.69, 9.17) is 0 Å². The number of halogens is 1. The Morgan fingerprint density at radius 3 is 2.50 bits per heavy atom. The summed E-state index contributed by atoms with van der Waals surface area (Å²) >= 11 is 4.56. The highest BCUT2D eigenvalue weighted by Crippen LogP contribution is 2.21. The summed E-state index contributed by atoms with van der Waals surface area (Å²) in [5.74, 6) is -0.834. The smallest absolute Gasteiger partial charge is 0.266 e. The molecule has 2 heterocycles. The largest absolute Gasteiger partial charge is 0.288 e. The highest BCUT2D eigenvalue weighted by molar-refractivity contribution is 9.11. The van der Waals surface area contributed by atoms with Crippen molar-refractivity contribution in [2.75, 3.05) is 0 Å². The maximum Gasteiger partial charge on any atom is 0.288 e. The molecule has 0 radical (unpaired) electrons. The molecule has 0 spiro atoms. The number of thiophene rings is 1. The molecule has 22 heavy (non-hydrogen) atoms. The molecule has 7 heteroatoms. The van der Waals surface area contributed by atoms with Crippen molar-refractivity contribution >= 4 is 50.0 Å². The fourth-order valence-corrected chi connectivity index (χ4v) is 3.15. The van der Waals surface area contributed by atoms with E-state index in [1.54, 1.807) is 18.2 Å². The minimum Gasteiger partial charge on any atom is -0.266 e. The third-order valence-electron chi connectivity index (χ3n) is 2.92. The number of nitrogens with zero attached hydrogens (tertiary/aromatic N) is 1. The van der Waals surface area contributed by atoms with Crippen LogP contribution < -0.4 is 10.9 Å². The lowest BCUT2D eigenvalue weighted by Crippen LogP contribution is -2.41. The molecule has 3 rings (SSSR count). The van der Waals surface area contributed by atoms with Crippen LogP contribution in [0, 0.1) is 0 Å². The molecule has 0 unspecified atom stereocenters. The molecule has 2 aromatic heterocycles. The van der Waals surface area contributed by atoms with Crippen LogP contribution in [0.5, 0.6) is 0 Å². The molecule has 1 aromatic carbocycles. The van der Waals surface area contributed by atoms with Gasteiger partial charge in [0.15, 0.2) is 0 Å². The second-order valence-electron chi connectivity index (χ2n) is 4.40. The number of carbonyl (C=O) groups is 2. The molecule has 0 fully saturated rings. The van der Waals surface area contributed by atoms with E-state index < -0.39 is 5.91 Å². The minimum atomic E-state index is -0.463. The predicted molar refractivity (Wildman–Crippen MR) is 88.7 cm³/mol. The first kappa shape index (κ1) is 14.7. The van der Waals surface area contributed by atoms with Gasteiger partial charge in [-0.25, -0.2) is 4.98 Å². The number of benzene rings is 1. The van der Waals surface area contributed by atoms with E-state index >= 15 is 0 Å². The number of hydrogen-bond donors (Lipinski definition) is 2. The number of carbonyl (C=O) groups excluding carboxylic acids is 2. The van der Waals surface area contributed by atoms with Crippen LogP contribution in [0.25, 0.3) is 10.9 Å². The lowest BCUT2D eigenvalue weighted by atomic mass is 10.2. The van der Waals surface area contributed by atoms with E-state index in [0.717, 1.165) is 14.7 Å². The van der Waals surface area contributed by atoms with Gasteiger partial charge in [0, 0.05) is 5.39 Å². The van der Waals surface area contributed by atoms with E-state index in [1.165, 1.54) is 11.3 Å². The highest BCUT2D eigenvalue weighted by Gasteiger charge is 2.12. The average molecular weight is 376 g/mol. The first-order chi connectivity index (χ1) is 10.6. The Balaban J connectivity index is 1.69. The zero-order valence-corrected chi connectivity index (χ0v) is 13.6. The maximum atomic E-state index is 12.0. The van der Waals surface area contributed by atoms with Gasteiger partial charge in [-0.2, -0.15) is 0 Å². The van der Waals surface area contributed by atoms with Gasteiger partial charge in [-0.3, -0.25) is 20.4 Å². The third-order valence-corrected chi connectivity index (χ3v) is 4.54. The van der Waals surface area contributed by atoms with Gasteiger partial charge < -0.3 is 0 Å². The number of amides is 2. The summed E-state index contributed by atoms with van der Waals surface area (Å²) in [5, 5.41) is 0.950. The second-order valence-corrected chi connectivity index (χ2v) is 6.86. The van der Waals surface area contributed by atoms with Crippen molar-refractivity contribution in [3.8, 4) is 0 Å². The molecule has 0 saturated carbocycles. The molecule has 3 aromatic rings. The van der Waals surface area contributed by atoms with Crippen LogP contribution in [-0.2, 0) is 0 Å². The SMILES string of the molecule is O=C(NNC(=O)c1ccc(Br)s1)c1ccc2ccccc2n1. The molecular weight excluding hydrogens is 366 g/mol. The van der Waals surface area contributed by atoms with Gasteiger partial charge in [0.25, 0.3) is 11.8 Å². The number of rotatable bonds is 2. The van der Waals surface area contributed by atoms with Crippen LogP contribution in [0.2, 0.25) is 0 Å². The van der Waals surface area contributed by atoms with Gasteiger partial charge in [0.2, 0.25) is 0 Å². The van der Waals surface area contributed by atoms with Gasteiger partial charge >= 0.3 is 0 Å². The van der Waals surface area contributed by atoms with Gasteiger partial charge in [-0.1, -0.05) is 24.3 Å². The molecule has 0 aliphatic carbocycles. The Morgan fingerprint density at radius 1 is 0.955 bits per heavy atom. The number of fused-ring (bicyclic) bond motifs is 1. The van der Waals surface area contributed by atoms with E-state index in [9.17, 15) is 9.59 Å². The number of para-hydroxylation sites is 1. The summed E-state index contributed by atoms with van der Waals surface area (Å²) in [6.45, 7) is 0. The Labute approximate surface area is 138 Å². The minimum absolute atomic E-state index is 0.242. The molecule has 2 N–H and O–H groups in total. The summed E-state index contributed by atoms with van der Waals surface area (Å²) in [6, 6.07) is 14.4. The second kappa shape index (κ2) is 6.25. The normalized spacial score (nSPS) is 10.4. The molecule has 2 amide bonds. The molecular formula is C15H10BrN3O2S. The first-order valence-electron chi connectivity index (χ1n) is 6.35. The molecule has 0 atom stereocenters. The summed E-state index contributed by atoms with van der Waals surface area (Å²) in [6.07, 6.45) is 0. The molecule has 0 bridgehead atoms. The van der Waals surface area contributed by atoms with Crippen molar-refractivity contribution in [3.63, 3.8) is 0 Å². The van der Waals surface area contributed by atoms with E-state index in [-0.39, 0.29) is 11.6 Å². The summed E-state index contributed by atoms with van der Waals surface area (Å²) in [5.41, 5.74) is 5.70. The lowest BCUT2D eigenvalue weighted by Gasteiger charge is -2.06. The Hall–Kier alpha value is -2.25. The maximum absolute atomic E-state index is 12.0. The highest BCUT2D eigenvalue weighted by atomic mass is 79.9. The van der Waals surface area contributed by atoms with E-state index in [2.05, 4.69) is 31.8 Å². The Kier molecular flexibility index (Phi) is 4.17. The summed E-state index contributed by atoms with van der Waals surface area (Å²) in [7, 11) is 0. The molecule has 0 aliphatic heterocycles. The van der Waals surface area contributed by atoms with Crippen molar-refractivity contribution < 1.29 is 9.59 Å². The number of aromatic nitrogens is 1. The van der Waals surface area contributed by atoms with Crippen LogP contribution >= 0.6 is 27.3 Å². The van der Waals surface area contributed by atoms with Crippen molar-refractivity contribution in [1.29, 1.82) is 0 Å². The number of pyridine rings is 1. The fraction of sp³-hybridized carbons (Fsp3) is 0. The Morgan fingerprint density at radius 2 is 1.73 bits per heavy atom. The van der Waals surface area contributed by atoms with Crippen molar-refractivity contribution in [3.05, 3.63) is 62.9 Å². The number of nitrogens with one attached hydrogen (secondary N) is 2. The topological polar surface area (TPSA) is 71.1 Å². The lowest BCUT2D eigenvalue weighted by molar-refractivity contribution is 0.0846. The van der Waals surface area contributed by atoms with E-state index in [0.29, 0.717) is 4.88 Å². The van der Waals surface area contributed by atoms with Crippen LogP contribution in [-0.4, -0.2) is 16.8 Å². The van der Waals surface area contributed by atoms with Crippen LogP contribution in [0.4, 0.5) is 0 Å². The first-order valence-corrected chi connectivity index (χ1v) is 7.96. The molecule has 110 valence electrons. The van der Waals surface area contributed by atoms with Crippen molar-refractivity contribution in [1.82, 2.24) is 15.8 Å². The quantitative estimate of drug-likeness (QED) is 0.675. The van der Waals surface area contributed by atoms with Gasteiger partial charge in [-0.15, -0.1) is 11.3 Å². The van der Waals surface area contributed by atoms with Gasteiger partial charge in [-0.05, 0) is 40.2 Å². The zero-order chi connectivity index (χ0) is 15.5. The summed E-state index contributed by atoms with van der Waals surface area (Å²) < 4.78 is 0.847. The molecule has 0 saturated heterocycles. The van der Waals surface area contributed by atoms with Gasteiger partial charge in [0.1, 0.15) is 5.69 Å². The summed E-state index contributed by atoms with van der Waals surface area (Å²) in [4.78, 5) is 28.6. The Bertz CT molecular complexity index is 863. The predicted octanol–water partition coefficient (Wildman–Crippen LogP) is 3.13. The zero-order valence-electron chi connectivity index (χ0n) is 11.2. The average Bonchev–Trinajstić information content (AvgIpc) is 2.98. The standard InChI is InChI=1S/C15H10BrN3O2S/c16-13-8-7-12(22-13)15(21)19-18-14(20)11-6-5-9-3-1-2-4-10(9)17-11/h1-8H,(H,18,20)(H,19,21).